The van der Waals surface area contributed by atoms with Crippen LogP contribution < -0.4 is 10.1 Å². The van der Waals surface area contributed by atoms with Crippen LogP contribution in [0, 0.1) is 17.5 Å². The number of benzene rings is 2. The van der Waals surface area contributed by atoms with E-state index >= 15 is 0 Å². The third kappa shape index (κ3) is 3.25. The molecule has 6 heteroatoms. The Bertz CT molecular complexity index is 634. The van der Waals surface area contributed by atoms with Gasteiger partial charge in [-0.05, 0) is 24.3 Å². The van der Waals surface area contributed by atoms with E-state index in [1.165, 1.54) is 7.11 Å². The van der Waals surface area contributed by atoms with Crippen molar-refractivity contribution >= 4 is 21.6 Å². The van der Waals surface area contributed by atoms with Crippen LogP contribution >= 0.6 is 15.9 Å². The molecule has 0 fully saturated rings. The molecule has 2 nitrogen and oxygen atoms in total. The second-order valence-electron chi connectivity index (χ2n) is 4.06. The molecule has 106 valence electrons. The molecule has 2 rings (SSSR count). The Morgan fingerprint density at radius 2 is 1.75 bits per heavy atom. The minimum Gasteiger partial charge on any atom is -0.495 e. The van der Waals surface area contributed by atoms with Gasteiger partial charge in [0.1, 0.15) is 11.6 Å². The van der Waals surface area contributed by atoms with Crippen LogP contribution in [-0.2, 0) is 6.54 Å². The Kier molecular flexibility index (Phi) is 4.54. The molecule has 1 N–H and O–H groups in total. The zero-order chi connectivity index (χ0) is 14.7. The van der Waals surface area contributed by atoms with E-state index < -0.39 is 17.5 Å². The minimum atomic E-state index is -1.20. The molecule has 0 aliphatic rings. The number of hydrogen-bond acceptors (Lipinski definition) is 2. The van der Waals surface area contributed by atoms with Gasteiger partial charge in [-0.1, -0.05) is 15.9 Å². The Hall–Kier alpha value is -1.69. The van der Waals surface area contributed by atoms with E-state index in [4.69, 9.17) is 4.74 Å². The lowest BCUT2D eigenvalue weighted by Gasteiger charge is -2.12. The average Bonchev–Trinajstić information content (AvgIpc) is 2.41. The second-order valence-corrected chi connectivity index (χ2v) is 4.97. The summed E-state index contributed by atoms with van der Waals surface area (Å²) in [5.41, 5.74) is 0.650. The van der Waals surface area contributed by atoms with Crippen LogP contribution in [0.15, 0.2) is 34.8 Å². The van der Waals surface area contributed by atoms with Gasteiger partial charge < -0.3 is 10.1 Å². The van der Waals surface area contributed by atoms with Crippen LogP contribution in [0.2, 0.25) is 0 Å². The molecule has 0 aliphatic heterocycles. The van der Waals surface area contributed by atoms with Crippen molar-refractivity contribution in [3.05, 3.63) is 57.8 Å². The van der Waals surface area contributed by atoms with E-state index in [-0.39, 0.29) is 12.1 Å². The van der Waals surface area contributed by atoms with Gasteiger partial charge in [-0.2, -0.15) is 0 Å². The topological polar surface area (TPSA) is 21.3 Å². The maximum absolute atomic E-state index is 13.5. The Balaban J connectivity index is 2.21. The number of nitrogens with one attached hydrogen (secondary N) is 1. The largest absolute Gasteiger partial charge is 0.495 e. The van der Waals surface area contributed by atoms with Gasteiger partial charge in [0.25, 0.3) is 0 Å². The Morgan fingerprint density at radius 1 is 1.05 bits per heavy atom. The highest BCUT2D eigenvalue weighted by Gasteiger charge is 2.10. The highest BCUT2D eigenvalue weighted by atomic mass is 79.9. The van der Waals surface area contributed by atoms with Gasteiger partial charge in [0, 0.05) is 22.6 Å². The maximum atomic E-state index is 13.5. The van der Waals surface area contributed by atoms with Gasteiger partial charge in [-0.25, -0.2) is 13.2 Å². The first-order chi connectivity index (χ1) is 9.51. The van der Waals surface area contributed by atoms with Crippen molar-refractivity contribution in [1.82, 2.24) is 0 Å². The summed E-state index contributed by atoms with van der Waals surface area (Å²) >= 11 is 3.31. The van der Waals surface area contributed by atoms with E-state index in [2.05, 4.69) is 21.2 Å². The number of rotatable bonds is 4. The fourth-order valence-corrected chi connectivity index (χ4v) is 2.07. The van der Waals surface area contributed by atoms with Crippen molar-refractivity contribution in [3.63, 3.8) is 0 Å². The summed E-state index contributed by atoms with van der Waals surface area (Å²) in [6.45, 7) is 0.00977. The third-order valence-electron chi connectivity index (χ3n) is 2.72. The second kappa shape index (κ2) is 6.17. The zero-order valence-corrected chi connectivity index (χ0v) is 12.1. The van der Waals surface area contributed by atoms with E-state index in [0.29, 0.717) is 17.5 Å². The lowest BCUT2D eigenvalue weighted by Crippen LogP contribution is -2.05. The predicted molar refractivity (Wildman–Crippen MR) is 74.3 cm³/mol. The van der Waals surface area contributed by atoms with E-state index in [9.17, 15) is 13.2 Å². The molecule has 2 aromatic carbocycles. The summed E-state index contributed by atoms with van der Waals surface area (Å²) in [4.78, 5) is 0. The van der Waals surface area contributed by atoms with E-state index in [1.54, 1.807) is 18.2 Å². The van der Waals surface area contributed by atoms with Crippen LogP contribution in [0.1, 0.15) is 5.56 Å². The number of hydrogen-bond donors (Lipinski definition) is 1. The summed E-state index contributed by atoms with van der Waals surface area (Å²) < 4.78 is 45.4. The molecule has 0 amide bonds. The molecular formula is C14H11BrF3NO. The molecule has 0 saturated carbocycles. The Morgan fingerprint density at radius 3 is 2.45 bits per heavy atom. The first kappa shape index (κ1) is 14.7. The quantitative estimate of drug-likeness (QED) is 0.824. The molecule has 0 spiro atoms. The number of anilines is 1. The molecule has 0 atom stereocenters. The lowest BCUT2D eigenvalue weighted by molar-refractivity contribution is 0.416. The summed E-state index contributed by atoms with van der Waals surface area (Å²) in [5.74, 6) is -2.52. The van der Waals surface area contributed by atoms with Crippen molar-refractivity contribution in [2.24, 2.45) is 0 Å². The van der Waals surface area contributed by atoms with E-state index in [0.717, 1.165) is 10.5 Å². The Labute approximate surface area is 122 Å². The van der Waals surface area contributed by atoms with Crippen LogP contribution in [0.3, 0.4) is 0 Å². The highest BCUT2D eigenvalue weighted by Crippen LogP contribution is 2.28. The molecule has 2 aromatic rings. The third-order valence-corrected chi connectivity index (χ3v) is 3.21. The number of ether oxygens (including phenoxy) is 1. The molecule has 0 unspecified atom stereocenters. The van der Waals surface area contributed by atoms with Crippen molar-refractivity contribution in [2.45, 2.75) is 6.54 Å². The normalized spacial score (nSPS) is 10.4. The molecule has 0 saturated heterocycles. The molecular weight excluding hydrogens is 335 g/mol. The lowest BCUT2D eigenvalue weighted by atomic mass is 10.2. The van der Waals surface area contributed by atoms with Crippen molar-refractivity contribution in [3.8, 4) is 5.75 Å². The molecule has 20 heavy (non-hydrogen) atoms. The summed E-state index contributed by atoms with van der Waals surface area (Å²) in [6, 6.07) is 6.64. The van der Waals surface area contributed by atoms with E-state index in [1.807, 2.05) is 0 Å². The molecule has 0 aromatic heterocycles. The standard InChI is InChI=1S/C14H11BrF3NO/c1-20-14-3-2-9(15)5-13(14)19-7-8-4-11(17)12(18)6-10(8)16/h2-6,19H,7H2,1H3. The fraction of sp³-hybridized carbons (Fsp3) is 0.143. The molecule has 0 aliphatic carbocycles. The number of methoxy groups -OCH3 is 1. The van der Waals surface area contributed by atoms with Gasteiger partial charge in [-0.3, -0.25) is 0 Å². The average molecular weight is 346 g/mol. The minimum absolute atomic E-state index is 0.00977. The van der Waals surface area contributed by atoms with Crippen LogP contribution in [-0.4, -0.2) is 7.11 Å². The zero-order valence-electron chi connectivity index (χ0n) is 10.5. The fourth-order valence-electron chi connectivity index (χ4n) is 1.71. The first-order valence-corrected chi connectivity index (χ1v) is 6.51. The highest BCUT2D eigenvalue weighted by molar-refractivity contribution is 9.10. The molecule has 0 bridgehead atoms. The predicted octanol–water partition coefficient (Wildman–Crippen LogP) is 4.49. The first-order valence-electron chi connectivity index (χ1n) is 5.72. The van der Waals surface area contributed by atoms with Crippen molar-refractivity contribution < 1.29 is 17.9 Å². The van der Waals surface area contributed by atoms with Gasteiger partial charge in [-0.15, -0.1) is 0 Å². The van der Waals surface area contributed by atoms with Crippen molar-refractivity contribution in [2.75, 3.05) is 12.4 Å². The van der Waals surface area contributed by atoms with Gasteiger partial charge in [0.15, 0.2) is 11.6 Å². The molecule has 0 heterocycles. The smallest absolute Gasteiger partial charge is 0.161 e. The summed E-state index contributed by atoms with van der Waals surface area (Å²) in [6.07, 6.45) is 0. The molecule has 0 radical (unpaired) electrons. The van der Waals surface area contributed by atoms with Crippen LogP contribution in [0.4, 0.5) is 18.9 Å². The SMILES string of the molecule is COc1ccc(Br)cc1NCc1cc(F)c(F)cc1F. The van der Waals surface area contributed by atoms with Crippen molar-refractivity contribution in [1.29, 1.82) is 0 Å². The van der Waals surface area contributed by atoms with Gasteiger partial charge in [0.2, 0.25) is 0 Å². The van der Waals surface area contributed by atoms with Gasteiger partial charge in [0.05, 0.1) is 12.8 Å². The van der Waals surface area contributed by atoms with Gasteiger partial charge >= 0.3 is 0 Å². The van der Waals surface area contributed by atoms with Crippen LogP contribution in [0.5, 0.6) is 5.75 Å². The van der Waals surface area contributed by atoms with Crippen LogP contribution in [0.25, 0.3) is 0 Å². The summed E-state index contributed by atoms with van der Waals surface area (Å²) in [7, 11) is 1.51. The number of halogens is 4. The monoisotopic (exact) mass is 345 g/mol. The maximum Gasteiger partial charge on any atom is 0.161 e. The summed E-state index contributed by atoms with van der Waals surface area (Å²) in [5, 5.41) is 2.92.